The molecule has 0 atom stereocenters. The average molecular weight is 123 g/mol. The van der Waals surface area contributed by atoms with Crippen LogP contribution in [0.1, 0.15) is 26.2 Å². The fourth-order valence-corrected chi connectivity index (χ4v) is 1.11. The molecule has 0 aromatic heterocycles. The predicted molar refractivity (Wildman–Crippen MR) is 32.6 cm³/mol. The van der Waals surface area contributed by atoms with Gasteiger partial charge in [-0.2, -0.15) is 5.26 Å². The molecule has 0 spiro atoms. The number of ketones is 1. The van der Waals surface area contributed by atoms with E-state index in [1.165, 1.54) is 0 Å². The molecule has 1 aliphatic carbocycles. The molecule has 0 saturated heterocycles. The van der Waals surface area contributed by atoms with Crippen molar-refractivity contribution >= 4 is 5.78 Å². The molecule has 0 aromatic carbocycles. The van der Waals surface area contributed by atoms with Crippen molar-refractivity contribution in [2.24, 2.45) is 5.41 Å². The summed E-state index contributed by atoms with van der Waals surface area (Å²) in [6.07, 6.45) is 1.79. The minimum absolute atomic E-state index is 0.235. The van der Waals surface area contributed by atoms with Gasteiger partial charge in [0.25, 0.3) is 0 Å². The molecule has 9 heavy (non-hydrogen) atoms. The lowest BCUT2D eigenvalue weighted by atomic mass is 9.67. The van der Waals surface area contributed by atoms with Crippen LogP contribution in [0.4, 0.5) is 0 Å². The first-order valence-electron chi connectivity index (χ1n) is 3.15. The smallest absolute Gasteiger partial charge is 0.136 e. The van der Waals surface area contributed by atoms with Gasteiger partial charge in [0.2, 0.25) is 0 Å². The van der Waals surface area contributed by atoms with Gasteiger partial charge in [-0.3, -0.25) is 4.79 Å². The molecule has 1 fully saturated rings. The lowest BCUT2D eigenvalue weighted by molar-refractivity contribution is -0.129. The fourth-order valence-electron chi connectivity index (χ4n) is 1.11. The van der Waals surface area contributed by atoms with Crippen molar-refractivity contribution in [3.63, 3.8) is 0 Å². The summed E-state index contributed by atoms with van der Waals surface area (Å²) in [7, 11) is 0. The van der Waals surface area contributed by atoms with Crippen LogP contribution in [0.2, 0.25) is 0 Å². The van der Waals surface area contributed by atoms with Gasteiger partial charge in [-0.1, -0.05) is 6.92 Å². The molecule has 2 heteroatoms. The highest BCUT2D eigenvalue weighted by Crippen LogP contribution is 2.39. The van der Waals surface area contributed by atoms with Gasteiger partial charge in [0, 0.05) is 12.8 Å². The quantitative estimate of drug-likeness (QED) is 0.526. The van der Waals surface area contributed by atoms with Gasteiger partial charge in [-0.25, -0.2) is 0 Å². The predicted octanol–water partition coefficient (Wildman–Crippen LogP) is 1.27. The summed E-state index contributed by atoms with van der Waals surface area (Å²) in [5, 5.41) is 8.55. The van der Waals surface area contributed by atoms with Gasteiger partial charge in [0.15, 0.2) is 0 Å². The van der Waals surface area contributed by atoms with Gasteiger partial charge >= 0.3 is 0 Å². The number of carbonyl (C=O) groups excluding carboxylic acids is 1. The van der Waals surface area contributed by atoms with Crippen LogP contribution in [-0.4, -0.2) is 5.78 Å². The SMILES string of the molecule is CCC1(C#N)CC(=O)C1. The molecule has 0 heterocycles. The van der Waals surface area contributed by atoms with Crippen molar-refractivity contribution in [3.8, 4) is 6.07 Å². The molecule has 48 valence electrons. The summed E-state index contributed by atoms with van der Waals surface area (Å²) in [6.45, 7) is 1.95. The Hall–Kier alpha value is -0.840. The number of hydrogen-bond acceptors (Lipinski definition) is 2. The van der Waals surface area contributed by atoms with E-state index >= 15 is 0 Å². The van der Waals surface area contributed by atoms with Crippen LogP contribution < -0.4 is 0 Å². The van der Waals surface area contributed by atoms with Crippen LogP contribution in [0, 0.1) is 16.7 Å². The highest BCUT2D eigenvalue weighted by atomic mass is 16.1. The van der Waals surface area contributed by atoms with E-state index in [9.17, 15) is 4.79 Å². The monoisotopic (exact) mass is 123 g/mol. The van der Waals surface area contributed by atoms with E-state index in [0.29, 0.717) is 12.8 Å². The summed E-state index contributed by atoms with van der Waals surface area (Å²) >= 11 is 0. The Labute approximate surface area is 54.5 Å². The van der Waals surface area contributed by atoms with Gasteiger partial charge in [-0.15, -0.1) is 0 Å². The van der Waals surface area contributed by atoms with Gasteiger partial charge < -0.3 is 0 Å². The molecule has 1 saturated carbocycles. The summed E-state index contributed by atoms with van der Waals surface area (Å²) in [5.74, 6) is 0.235. The minimum Gasteiger partial charge on any atom is -0.300 e. The fraction of sp³-hybridized carbons (Fsp3) is 0.714. The lowest BCUT2D eigenvalue weighted by Crippen LogP contribution is -2.35. The van der Waals surface area contributed by atoms with Crippen LogP contribution in [0.15, 0.2) is 0 Å². The normalized spacial score (nSPS) is 22.4. The summed E-state index contributed by atoms with van der Waals surface area (Å²) in [4.78, 5) is 10.5. The highest BCUT2D eigenvalue weighted by Gasteiger charge is 2.41. The molecule has 0 unspecified atom stereocenters. The first-order valence-corrected chi connectivity index (χ1v) is 3.15. The van der Waals surface area contributed by atoms with E-state index in [1.807, 2.05) is 6.92 Å². The summed E-state index contributed by atoms with van der Waals surface area (Å²) in [6, 6.07) is 2.17. The third-order valence-corrected chi connectivity index (χ3v) is 1.99. The Kier molecular flexibility index (Phi) is 1.28. The Balaban J connectivity index is 2.58. The van der Waals surface area contributed by atoms with E-state index in [-0.39, 0.29) is 11.2 Å². The van der Waals surface area contributed by atoms with Crippen LogP contribution >= 0.6 is 0 Å². The molecule has 0 aromatic rings. The second kappa shape index (κ2) is 1.84. The summed E-state index contributed by atoms with van der Waals surface area (Å²) in [5.41, 5.74) is -0.267. The number of Topliss-reactive ketones (excluding diaryl/α,β-unsaturated/α-hetero) is 1. The molecule has 0 N–H and O–H groups in total. The van der Waals surface area contributed by atoms with Crippen molar-refractivity contribution in [2.75, 3.05) is 0 Å². The van der Waals surface area contributed by atoms with E-state index in [4.69, 9.17) is 5.26 Å². The first-order chi connectivity index (χ1) is 4.22. The third kappa shape index (κ3) is 0.829. The molecule has 0 aliphatic heterocycles. The van der Waals surface area contributed by atoms with Crippen molar-refractivity contribution in [1.82, 2.24) is 0 Å². The number of nitrogens with zero attached hydrogens (tertiary/aromatic N) is 1. The van der Waals surface area contributed by atoms with Crippen molar-refractivity contribution in [2.45, 2.75) is 26.2 Å². The first kappa shape index (κ1) is 6.28. The number of nitriles is 1. The van der Waals surface area contributed by atoms with Gasteiger partial charge in [-0.05, 0) is 6.42 Å². The molecule has 2 nitrogen and oxygen atoms in total. The highest BCUT2D eigenvalue weighted by molar-refractivity contribution is 5.87. The molecule has 0 amide bonds. The van der Waals surface area contributed by atoms with E-state index in [2.05, 4.69) is 6.07 Å². The summed E-state index contributed by atoms with van der Waals surface area (Å²) < 4.78 is 0. The minimum atomic E-state index is -0.267. The maximum atomic E-state index is 10.5. The molecular formula is C7H9NO. The number of hydrogen-bond donors (Lipinski definition) is 0. The van der Waals surface area contributed by atoms with Gasteiger partial charge in [0.1, 0.15) is 5.78 Å². The Morgan fingerprint density at radius 3 is 2.44 bits per heavy atom. The van der Waals surface area contributed by atoms with E-state index in [0.717, 1.165) is 6.42 Å². The maximum Gasteiger partial charge on any atom is 0.136 e. The van der Waals surface area contributed by atoms with E-state index < -0.39 is 0 Å². The number of rotatable bonds is 1. The maximum absolute atomic E-state index is 10.5. The van der Waals surface area contributed by atoms with Crippen LogP contribution in [-0.2, 0) is 4.79 Å². The molecule has 1 aliphatic rings. The zero-order chi connectivity index (χ0) is 6.91. The molecular weight excluding hydrogens is 114 g/mol. The second-order valence-corrected chi connectivity index (χ2v) is 2.64. The van der Waals surface area contributed by atoms with E-state index in [1.54, 1.807) is 0 Å². The zero-order valence-electron chi connectivity index (χ0n) is 5.48. The van der Waals surface area contributed by atoms with Crippen molar-refractivity contribution < 1.29 is 4.79 Å². The zero-order valence-corrected chi connectivity index (χ0v) is 5.48. The Morgan fingerprint density at radius 2 is 2.33 bits per heavy atom. The third-order valence-electron chi connectivity index (χ3n) is 1.99. The van der Waals surface area contributed by atoms with Crippen molar-refractivity contribution in [3.05, 3.63) is 0 Å². The van der Waals surface area contributed by atoms with Crippen LogP contribution in [0.25, 0.3) is 0 Å². The second-order valence-electron chi connectivity index (χ2n) is 2.64. The lowest BCUT2D eigenvalue weighted by Gasteiger charge is -2.32. The topological polar surface area (TPSA) is 40.9 Å². The van der Waals surface area contributed by atoms with Gasteiger partial charge in [0.05, 0.1) is 11.5 Å². The molecule has 0 radical (unpaired) electrons. The Morgan fingerprint density at radius 1 is 1.78 bits per heavy atom. The largest absolute Gasteiger partial charge is 0.300 e. The standard InChI is InChI=1S/C7H9NO/c1-2-7(5-8)3-6(9)4-7/h2-4H2,1H3. The Bertz CT molecular complexity index is 170. The molecule has 1 rings (SSSR count). The van der Waals surface area contributed by atoms with Crippen molar-refractivity contribution in [1.29, 1.82) is 5.26 Å². The van der Waals surface area contributed by atoms with Crippen LogP contribution in [0.5, 0.6) is 0 Å². The molecule has 0 bridgehead atoms. The average Bonchev–Trinajstić information content (AvgIpc) is 1.81. The number of carbonyl (C=O) groups is 1. The van der Waals surface area contributed by atoms with Crippen LogP contribution in [0.3, 0.4) is 0 Å².